The molecule has 1 atom stereocenters. The van der Waals surface area contributed by atoms with Crippen LogP contribution >= 0.6 is 11.6 Å². The number of fused-ring (bicyclic) bond motifs is 1. The van der Waals surface area contributed by atoms with E-state index in [2.05, 4.69) is 38.0 Å². The first-order chi connectivity index (χ1) is 12.1. The standard InChI is InChI=1S/C19H25ClN4O/c1-22(2)11-9-21-18(25)14-24-13-12-23-10-5-8-17(23)19(24)15-6-3-4-7-16(15)20/h3-8,10,19H,9,11-14H2,1-2H3,(H,21,25). The molecule has 0 radical (unpaired) electrons. The van der Waals surface area contributed by atoms with Gasteiger partial charge in [0.15, 0.2) is 0 Å². The highest BCUT2D eigenvalue weighted by Gasteiger charge is 2.31. The number of amides is 1. The van der Waals surface area contributed by atoms with Crippen molar-refractivity contribution < 1.29 is 4.79 Å². The van der Waals surface area contributed by atoms with Gasteiger partial charge >= 0.3 is 0 Å². The molecule has 3 rings (SSSR count). The van der Waals surface area contributed by atoms with Gasteiger partial charge in [-0.2, -0.15) is 0 Å². The number of nitrogens with zero attached hydrogens (tertiary/aromatic N) is 3. The van der Waals surface area contributed by atoms with Gasteiger partial charge in [0.05, 0.1) is 12.6 Å². The van der Waals surface area contributed by atoms with Crippen molar-refractivity contribution in [1.29, 1.82) is 0 Å². The molecule has 1 unspecified atom stereocenters. The molecule has 1 aromatic carbocycles. The fourth-order valence-corrected chi connectivity index (χ4v) is 3.55. The van der Waals surface area contributed by atoms with Gasteiger partial charge in [0, 0.05) is 43.1 Å². The smallest absolute Gasteiger partial charge is 0.234 e. The monoisotopic (exact) mass is 360 g/mol. The van der Waals surface area contributed by atoms with E-state index in [1.54, 1.807) is 0 Å². The Kier molecular flexibility index (Phi) is 5.78. The van der Waals surface area contributed by atoms with Crippen molar-refractivity contribution in [1.82, 2.24) is 19.7 Å². The molecular weight excluding hydrogens is 336 g/mol. The minimum atomic E-state index is -0.00273. The van der Waals surface area contributed by atoms with E-state index < -0.39 is 0 Å². The van der Waals surface area contributed by atoms with Crippen LogP contribution in [0.2, 0.25) is 5.02 Å². The maximum Gasteiger partial charge on any atom is 0.234 e. The first-order valence-electron chi connectivity index (χ1n) is 8.61. The minimum absolute atomic E-state index is 0.00273. The Morgan fingerprint density at radius 2 is 2.04 bits per heavy atom. The summed E-state index contributed by atoms with van der Waals surface area (Å²) in [6.07, 6.45) is 2.09. The molecule has 1 aliphatic rings. The third-order valence-corrected chi connectivity index (χ3v) is 4.91. The van der Waals surface area contributed by atoms with Gasteiger partial charge in [-0.15, -0.1) is 0 Å². The summed E-state index contributed by atoms with van der Waals surface area (Å²) in [5, 5.41) is 3.74. The molecule has 1 aliphatic heterocycles. The Morgan fingerprint density at radius 3 is 2.80 bits per heavy atom. The van der Waals surface area contributed by atoms with Crippen LogP contribution < -0.4 is 5.32 Å². The molecular formula is C19H25ClN4O. The summed E-state index contributed by atoms with van der Waals surface area (Å²) in [6, 6.07) is 12.1. The summed E-state index contributed by atoms with van der Waals surface area (Å²) >= 11 is 6.47. The predicted molar refractivity (Wildman–Crippen MR) is 101 cm³/mol. The van der Waals surface area contributed by atoms with Crippen molar-refractivity contribution in [2.45, 2.75) is 12.6 Å². The number of hydrogen-bond donors (Lipinski definition) is 1. The van der Waals surface area contributed by atoms with E-state index >= 15 is 0 Å². The summed E-state index contributed by atoms with van der Waals surface area (Å²) < 4.78 is 2.24. The van der Waals surface area contributed by atoms with Crippen molar-refractivity contribution >= 4 is 17.5 Å². The number of halogens is 1. The molecule has 2 heterocycles. The molecule has 134 valence electrons. The fraction of sp³-hybridized carbons (Fsp3) is 0.421. The molecule has 0 aliphatic carbocycles. The number of nitrogens with one attached hydrogen (secondary N) is 1. The van der Waals surface area contributed by atoms with Crippen LogP contribution in [0.25, 0.3) is 0 Å². The van der Waals surface area contributed by atoms with Crippen molar-refractivity contribution in [3.63, 3.8) is 0 Å². The van der Waals surface area contributed by atoms with Crippen LogP contribution in [-0.2, 0) is 11.3 Å². The lowest BCUT2D eigenvalue weighted by Gasteiger charge is -2.37. The number of carbonyl (C=O) groups is 1. The zero-order valence-corrected chi connectivity index (χ0v) is 15.5. The topological polar surface area (TPSA) is 40.5 Å². The molecule has 25 heavy (non-hydrogen) atoms. The third kappa shape index (κ3) is 4.24. The molecule has 1 aromatic heterocycles. The second-order valence-electron chi connectivity index (χ2n) is 6.67. The van der Waals surface area contributed by atoms with E-state index in [1.165, 1.54) is 5.69 Å². The summed E-state index contributed by atoms with van der Waals surface area (Å²) in [7, 11) is 4.00. The van der Waals surface area contributed by atoms with Gasteiger partial charge < -0.3 is 14.8 Å². The molecule has 0 fully saturated rings. The molecule has 5 nitrogen and oxygen atoms in total. The average Bonchev–Trinajstić information content (AvgIpc) is 3.04. The number of benzene rings is 1. The number of hydrogen-bond acceptors (Lipinski definition) is 3. The Morgan fingerprint density at radius 1 is 1.24 bits per heavy atom. The fourth-order valence-electron chi connectivity index (χ4n) is 3.31. The van der Waals surface area contributed by atoms with Crippen molar-refractivity contribution in [3.05, 3.63) is 58.9 Å². The van der Waals surface area contributed by atoms with Crippen molar-refractivity contribution in [2.75, 3.05) is 40.3 Å². The summed E-state index contributed by atoms with van der Waals surface area (Å²) in [5.41, 5.74) is 2.23. The van der Waals surface area contributed by atoms with E-state index in [1.807, 2.05) is 38.4 Å². The second kappa shape index (κ2) is 8.04. The van der Waals surface area contributed by atoms with Gasteiger partial charge in [-0.05, 0) is 37.9 Å². The zero-order valence-electron chi connectivity index (χ0n) is 14.8. The van der Waals surface area contributed by atoms with Crippen LogP contribution in [0.5, 0.6) is 0 Å². The molecule has 1 N–H and O–H groups in total. The number of aromatic nitrogens is 1. The van der Waals surface area contributed by atoms with Gasteiger partial charge in [0.2, 0.25) is 5.91 Å². The first-order valence-corrected chi connectivity index (χ1v) is 8.99. The first kappa shape index (κ1) is 18.0. The minimum Gasteiger partial charge on any atom is -0.354 e. The van der Waals surface area contributed by atoms with Gasteiger partial charge in [-0.25, -0.2) is 0 Å². The summed E-state index contributed by atoms with van der Waals surface area (Å²) in [5.74, 6) is 0.0545. The predicted octanol–water partition coefficient (Wildman–Crippen LogP) is 2.22. The number of carbonyl (C=O) groups excluding carboxylic acids is 1. The van der Waals surface area contributed by atoms with E-state index in [0.29, 0.717) is 13.1 Å². The van der Waals surface area contributed by atoms with Crippen LogP contribution in [0.3, 0.4) is 0 Å². The average molecular weight is 361 g/mol. The molecule has 6 heteroatoms. The highest BCUT2D eigenvalue weighted by atomic mass is 35.5. The lowest BCUT2D eigenvalue weighted by molar-refractivity contribution is -0.122. The third-order valence-electron chi connectivity index (χ3n) is 4.57. The summed E-state index contributed by atoms with van der Waals surface area (Å²) in [4.78, 5) is 16.7. The SMILES string of the molecule is CN(C)CCNC(=O)CN1CCn2cccc2C1c1ccccc1Cl. The molecule has 2 aromatic rings. The molecule has 1 amide bonds. The van der Waals surface area contributed by atoms with Crippen molar-refractivity contribution in [3.8, 4) is 0 Å². The normalized spacial score (nSPS) is 17.5. The van der Waals surface area contributed by atoms with Crippen LogP contribution in [-0.4, -0.2) is 60.5 Å². The molecule has 0 saturated carbocycles. The lowest BCUT2D eigenvalue weighted by Crippen LogP contribution is -2.45. The van der Waals surface area contributed by atoms with Gasteiger partial charge in [0.25, 0.3) is 0 Å². The Balaban J connectivity index is 1.78. The van der Waals surface area contributed by atoms with Crippen LogP contribution in [0.1, 0.15) is 17.3 Å². The van der Waals surface area contributed by atoms with E-state index in [-0.39, 0.29) is 11.9 Å². The second-order valence-corrected chi connectivity index (χ2v) is 7.08. The lowest BCUT2D eigenvalue weighted by atomic mass is 10.00. The number of likely N-dealkylation sites (N-methyl/N-ethyl adjacent to an activating group) is 1. The van der Waals surface area contributed by atoms with Gasteiger partial charge in [-0.1, -0.05) is 29.8 Å². The zero-order chi connectivity index (χ0) is 17.8. The maximum absolute atomic E-state index is 12.4. The maximum atomic E-state index is 12.4. The van der Waals surface area contributed by atoms with Gasteiger partial charge in [-0.3, -0.25) is 9.69 Å². The van der Waals surface area contributed by atoms with E-state index in [0.717, 1.165) is 30.2 Å². The molecule has 0 saturated heterocycles. The van der Waals surface area contributed by atoms with Gasteiger partial charge in [0.1, 0.15) is 0 Å². The van der Waals surface area contributed by atoms with E-state index in [9.17, 15) is 4.79 Å². The Hall–Kier alpha value is -1.82. The Labute approximate surface area is 154 Å². The van der Waals surface area contributed by atoms with Crippen LogP contribution in [0, 0.1) is 0 Å². The van der Waals surface area contributed by atoms with Crippen molar-refractivity contribution in [2.24, 2.45) is 0 Å². The Bertz CT molecular complexity index is 728. The molecule has 0 bridgehead atoms. The largest absolute Gasteiger partial charge is 0.354 e. The number of rotatable bonds is 6. The quantitative estimate of drug-likeness (QED) is 0.858. The highest BCUT2D eigenvalue weighted by molar-refractivity contribution is 6.31. The van der Waals surface area contributed by atoms with Crippen LogP contribution in [0.15, 0.2) is 42.6 Å². The molecule has 0 spiro atoms. The van der Waals surface area contributed by atoms with Crippen LogP contribution in [0.4, 0.5) is 0 Å². The van der Waals surface area contributed by atoms with E-state index in [4.69, 9.17) is 11.6 Å². The summed E-state index contributed by atoms with van der Waals surface area (Å²) in [6.45, 7) is 3.57. The highest BCUT2D eigenvalue weighted by Crippen LogP contribution is 2.35.